The highest BCUT2D eigenvalue weighted by Crippen LogP contribution is 2.40. The first-order valence-electron chi connectivity index (χ1n) is 5.32. The lowest BCUT2D eigenvalue weighted by Gasteiger charge is -2.21. The van der Waals surface area contributed by atoms with Crippen molar-refractivity contribution in [1.82, 2.24) is 0 Å². The van der Waals surface area contributed by atoms with E-state index in [9.17, 15) is 31.1 Å². The van der Waals surface area contributed by atoms with Gasteiger partial charge in [0.15, 0.2) is 5.78 Å². The van der Waals surface area contributed by atoms with Crippen molar-refractivity contribution in [2.24, 2.45) is 5.92 Å². The van der Waals surface area contributed by atoms with E-state index in [4.69, 9.17) is 0 Å². The lowest BCUT2D eigenvalue weighted by atomic mass is 9.97. The topological polar surface area (TPSA) is 17.1 Å². The van der Waals surface area contributed by atoms with Gasteiger partial charge in [-0.3, -0.25) is 4.79 Å². The van der Waals surface area contributed by atoms with Gasteiger partial charge in [-0.15, -0.1) is 0 Å². The van der Waals surface area contributed by atoms with Gasteiger partial charge in [-0.2, -0.15) is 26.3 Å². The van der Waals surface area contributed by atoms with E-state index in [0.717, 1.165) is 0 Å². The highest BCUT2D eigenvalue weighted by Gasteiger charge is 2.60. The number of ketones is 1. The molecule has 0 aliphatic heterocycles. The Bertz CT molecular complexity index is 406. The normalized spacial score (nSPS) is 12.8. The van der Waals surface area contributed by atoms with Crippen LogP contribution in [0.2, 0.25) is 0 Å². The quantitative estimate of drug-likeness (QED) is 0.766. The molecule has 1 aromatic carbocycles. The molecule has 0 aliphatic rings. The third kappa shape index (κ3) is 4.57. The second-order valence-corrected chi connectivity index (χ2v) is 3.97. The van der Waals surface area contributed by atoms with Crippen LogP contribution in [-0.2, 0) is 11.2 Å². The summed E-state index contributed by atoms with van der Waals surface area (Å²) < 4.78 is 73.5. The summed E-state index contributed by atoms with van der Waals surface area (Å²) in [5.41, 5.74) is 0.513. The zero-order valence-corrected chi connectivity index (χ0v) is 9.55. The summed E-state index contributed by atoms with van der Waals surface area (Å²) in [6.07, 6.45) is -12.2. The van der Waals surface area contributed by atoms with Gasteiger partial charge < -0.3 is 0 Å². The predicted molar refractivity (Wildman–Crippen MR) is 55.4 cm³/mol. The SMILES string of the molecule is O=C(CCc1ccccc1)C(C(F)(F)F)C(F)(F)F. The molecular weight excluding hydrogens is 274 g/mol. The van der Waals surface area contributed by atoms with E-state index < -0.39 is 30.5 Å². The molecule has 0 radical (unpaired) electrons. The first kappa shape index (κ1) is 15.5. The van der Waals surface area contributed by atoms with E-state index in [2.05, 4.69) is 0 Å². The molecule has 1 aromatic rings. The van der Waals surface area contributed by atoms with Crippen molar-refractivity contribution in [3.63, 3.8) is 0 Å². The van der Waals surface area contributed by atoms with Crippen molar-refractivity contribution >= 4 is 5.78 Å². The predicted octanol–water partition coefficient (Wildman–Crippen LogP) is 3.93. The van der Waals surface area contributed by atoms with E-state index in [0.29, 0.717) is 5.56 Å². The fraction of sp³-hybridized carbons (Fsp3) is 0.417. The van der Waals surface area contributed by atoms with Gasteiger partial charge in [0.05, 0.1) is 0 Å². The van der Waals surface area contributed by atoms with Gasteiger partial charge in [-0.05, 0) is 12.0 Å². The summed E-state index contributed by atoms with van der Waals surface area (Å²) in [6.45, 7) is 0. The number of hydrogen-bond acceptors (Lipinski definition) is 1. The molecule has 0 saturated heterocycles. The smallest absolute Gasteiger partial charge is 0.299 e. The Labute approximate surface area is 105 Å². The maximum Gasteiger partial charge on any atom is 0.407 e. The average molecular weight is 284 g/mol. The number of hydrogen-bond donors (Lipinski definition) is 0. The van der Waals surface area contributed by atoms with Crippen LogP contribution in [0.5, 0.6) is 0 Å². The molecule has 19 heavy (non-hydrogen) atoms. The lowest BCUT2D eigenvalue weighted by Crippen LogP contribution is -2.42. The summed E-state index contributed by atoms with van der Waals surface area (Å²) in [5, 5.41) is 0. The number of carbonyl (C=O) groups excluding carboxylic acids is 1. The summed E-state index contributed by atoms with van der Waals surface area (Å²) in [5.74, 6) is -5.76. The zero-order chi connectivity index (χ0) is 14.7. The molecule has 0 fully saturated rings. The number of Topliss-reactive ketones (excluding diaryl/α,β-unsaturated/α-hetero) is 1. The molecular formula is C12H10F6O. The van der Waals surface area contributed by atoms with Crippen molar-refractivity contribution < 1.29 is 31.1 Å². The molecule has 0 atom stereocenters. The van der Waals surface area contributed by atoms with Crippen molar-refractivity contribution in [2.45, 2.75) is 25.2 Å². The Morgan fingerprint density at radius 1 is 0.947 bits per heavy atom. The van der Waals surface area contributed by atoms with Crippen LogP contribution in [0.4, 0.5) is 26.3 Å². The molecule has 106 valence electrons. The summed E-state index contributed by atoms with van der Waals surface area (Å²) in [6, 6.07) is 7.89. The third-order valence-corrected chi connectivity index (χ3v) is 2.48. The van der Waals surface area contributed by atoms with Crippen molar-refractivity contribution in [1.29, 1.82) is 0 Å². The Morgan fingerprint density at radius 3 is 1.84 bits per heavy atom. The lowest BCUT2D eigenvalue weighted by molar-refractivity contribution is -0.273. The molecule has 0 unspecified atom stereocenters. The van der Waals surface area contributed by atoms with Crippen LogP contribution >= 0.6 is 0 Å². The molecule has 0 amide bonds. The molecule has 0 saturated carbocycles. The Morgan fingerprint density at radius 2 is 1.42 bits per heavy atom. The Kier molecular flexibility index (Phi) is 4.60. The minimum absolute atomic E-state index is 0.150. The zero-order valence-electron chi connectivity index (χ0n) is 9.55. The van der Waals surface area contributed by atoms with Gasteiger partial charge in [-0.25, -0.2) is 0 Å². The van der Waals surface area contributed by atoms with Crippen molar-refractivity contribution in [3.05, 3.63) is 35.9 Å². The highest BCUT2D eigenvalue weighted by atomic mass is 19.4. The molecule has 0 heterocycles. The van der Waals surface area contributed by atoms with Gasteiger partial charge in [0, 0.05) is 6.42 Å². The molecule has 0 N–H and O–H groups in total. The van der Waals surface area contributed by atoms with E-state index in [-0.39, 0.29) is 6.42 Å². The number of alkyl halides is 6. The molecule has 0 spiro atoms. The van der Waals surface area contributed by atoms with Crippen LogP contribution in [0.3, 0.4) is 0 Å². The van der Waals surface area contributed by atoms with E-state index in [1.807, 2.05) is 0 Å². The van der Waals surface area contributed by atoms with Crippen molar-refractivity contribution in [3.8, 4) is 0 Å². The van der Waals surface area contributed by atoms with Crippen LogP contribution in [0, 0.1) is 5.92 Å². The highest BCUT2D eigenvalue weighted by molar-refractivity contribution is 5.82. The first-order valence-corrected chi connectivity index (χ1v) is 5.32. The fourth-order valence-electron chi connectivity index (χ4n) is 1.61. The summed E-state index contributed by atoms with van der Waals surface area (Å²) >= 11 is 0. The number of aryl methyl sites for hydroxylation is 1. The van der Waals surface area contributed by atoms with Crippen LogP contribution < -0.4 is 0 Å². The molecule has 7 heteroatoms. The van der Waals surface area contributed by atoms with Gasteiger partial charge in [-0.1, -0.05) is 30.3 Å². The molecule has 0 aromatic heterocycles. The van der Waals surface area contributed by atoms with Gasteiger partial charge in [0.1, 0.15) is 0 Å². The maximum atomic E-state index is 12.3. The van der Waals surface area contributed by atoms with E-state index >= 15 is 0 Å². The maximum absolute atomic E-state index is 12.3. The first-order chi connectivity index (χ1) is 8.62. The summed E-state index contributed by atoms with van der Waals surface area (Å²) in [7, 11) is 0. The van der Waals surface area contributed by atoms with Crippen LogP contribution in [0.25, 0.3) is 0 Å². The largest absolute Gasteiger partial charge is 0.407 e. The molecule has 1 rings (SSSR count). The second-order valence-electron chi connectivity index (χ2n) is 3.97. The Balaban J connectivity index is 2.74. The van der Waals surface area contributed by atoms with Crippen LogP contribution in [-0.4, -0.2) is 18.1 Å². The van der Waals surface area contributed by atoms with Crippen LogP contribution in [0.1, 0.15) is 12.0 Å². The molecule has 0 bridgehead atoms. The Hall–Kier alpha value is -1.53. The van der Waals surface area contributed by atoms with Crippen molar-refractivity contribution in [2.75, 3.05) is 0 Å². The van der Waals surface area contributed by atoms with E-state index in [1.165, 1.54) is 12.1 Å². The number of benzene rings is 1. The molecule has 0 aliphatic carbocycles. The minimum Gasteiger partial charge on any atom is -0.299 e. The molecule has 1 nitrogen and oxygen atoms in total. The number of rotatable bonds is 4. The standard InChI is InChI=1S/C12H10F6O/c13-11(14,15)10(12(16,17)18)9(19)7-6-8-4-2-1-3-5-8/h1-5,10H,6-7H2. The monoisotopic (exact) mass is 284 g/mol. The summed E-state index contributed by atoms with van der Waals surface area (Å²) in [4.78, 5) is 11.2. The fourth-order valence-corrected chi connectivity index (χ4v) is 1.61. The third-order valence-electron chi connectivity index (χ3n) is 2.48. The van der Waals surface area contributed by atoms with Crippen LogP contribution in [0.15, 0.2) is 30.3 Å². The van der Waals surface area contributed by atoms with Gasteiger partial charge in [0.25, 0.3) is 0 Å². The average Bonchev–Trinajstić information content (AvgIpc) is 2.24. The second kappa shape index (κ2) is 5.63. The van der Waals surface area contributed by atoms with Gasteiger partial charge in [0.2, 0.25) is 5.92 Å². The number of carbonyl (C=O) groups is 1. The van der Waals surface area contributed by atoms with E-state index in [1.54, 1.807) is 18.2 Å². The minimum atomic E-state index is -5.61. The van der Waals surface area contributed by atoms with Gasteiger partial charge >= 0.3 is 12.4 Å². The number of halogens is 6.